The van der Waals surface area contributed by atoms with E-state index in [-0.39, 0.29) is 17.7 Å². The first-order valence-electron chi connectivity index (χ1n) is 12.4. The highest BCUT2D eigenvalue weighted by molar-refractivity contribution is 5.91. The molecule has 1 saturated heterocycles. The van der Waals surface area contributed by atoms with Gasteiger partial charge in [0.1, 0.15) is 6.61 Å². The average Bonchev–Trinajstić information content (AvgIpc) is 3.27. The van der Waals surface area contributed by atoms with Gasteiger partial charge in [-0.3, -0.25) is 0 Å². The number of rotatable bonds is 8. The molecule has 1 fully saturated rings. The van der Waals surface area contributed by atoms with Crippen LogP contribution in [0.2, 0.25) is 0 Å². The van der Waals surface area contributed by atoms with E-state index >= 15 is 0 Å². The number of hydrogen-bond donors (Lipinski definition) is 0. The second-order valence-corrected chi connectivity index (χ2v) is 8.59. The third-order valence-electron chi connectivity index (χ3n) is 6.03. The Hall–Kier alpha value is -4.45. The standard InChI is InChI=1S/C31H28O8/c1-3-4-20-31(39-29(34)24-18-12-7-13-19-24)25(21-36-27(32)22-14-8-5-9-15-22)37-30(35-2)26(31)38-28(33)23-16-10-6-11-17-23/h5-19,25-26,30H,3,21H2,1-2H3/t25-,26+,30?,31-/m1/s1. The molecule has 0 amide bonds. The Labute approximate surface area is 226 Å². The third kappa shape index (κ3) is 6.34. The predicted octanol–water partition coefficient (Wildman–Crippen LogP) is 4.45. The molecule has 8 nitrogen and oxygen atoms in total. The third-order valence-corrected chi connectivity index (χ3v) is 6.03. The SMILES string of the molecule is CCC#C[C@@]1(OC(=O)c2ccccc2)[C@@H](COC(=O)c2ccccc2)OC(OC)[C@@H]1OC(=O)c1ccccc1. The summed E-state index contributed by atoms with van der Waals surface area (Å²) in [6, 6.07) is 25.1. The summed E-state index contributed by atoms with van der Waals surface area (Å²) in [6.07, 6.45) is -3.22. The van der Waals surface area contributed by atoms with Crippen LogP contribution in [-0.4, -0.2) is 55.7 Å². The molecule has 1 aliphatic rings. The Morgan fingerprint density at radius 1 is 0.795 bits per heavy atom. The Morgan fingerprint density at radius 3 is 1.82 bits per heavy atom. The van der Waals surface area contributed by atoms with E-state index in [0.717, 1.165) is 0 Å². The van der Waals surface area contributed by atoms with Crippen molar-refractivity contribution in [3.05, 3.63) is 108 Å². The molecule has 3 aromatic carbocycles. The molecule has 1 aliphatic heterocycles. The minimum Gasteiger partial charge on any atom is -0.459 e. The maximum absolute atomic E-state index is 13.3. The molecule has 4 atom stereocenters. The highest BCUT2D eigenvalue weighted by Crippen LogP contribution is 2.38. The van der Waals surface area contributed by atoms with Crippen molar-refractivity contribution in [2.24, 2.45) is 0 Å². The van der Waals surface area contributed by atoms with Crippen LogP contribution in [0, 0.1) is 11.8 Å². The second-order valence-electron chi connectivity index (χ2n) is 8.59. The summed E-state index contributed by atoms with van der Waals surface area (Å²) in [5.41, 5.74) is -0.995. The van der Waals surface area contributed by atoms with Gasteiger partial charge in [-0.25, -0.2) is 14.4 Å². The Bertz CT molecular complexity index is 1330. The van der Waals surface area contributed by atoms with E-state index < -0.39 is 42.0 Å². The first-order chi connectivity index (χ1) is 19.0. The van der Waals surface area contributed by atoms with Gasteiger partial charge in [-0.15, -0.1) is 0 Å². The number of benzene rings is 3. The summed E-state index contributed by atoms with van der Waals surface area (Å²) in [4.78, 5) is 39.2. The van der Waals surface area contributed by atoms with Gasteiger partial charge in [0.2, 0.25) is 11.7 Å². The number of carbonyl (C=O) groups excluding carboxylic acids is 3. The maximum atomic E-state index is 13.3. The van der Waals surface area contributed by atoms with Crippen LogP contribution in [0.4, 0.5) is 0 Å². The molecule has 0 bridgehead atoms. The average molecular weight is 529 g/mol. The van der Waals surface area contributed by atoms with E-state index in [1.54, 1.807) is 91.0 Å². The molecular formula is C31H28O8. The van der Waals surface area contributed by atoms with Crippen LogP contribution in [0.1, 0.15) is 44.4 Å². The van der Waals surface area contributed by atoms with Crippen LogP contribution in [0.25, 0.3) is 0 Å². The molecule has 8 heteroatoms. The van der Waals surface area contributed by atoms with E-state index in [2.05, 4.69) is 11.8 Å². The van der Waals surface area contributed by atoms with Gasteiger partial charge >= 0.3 is 17.9 Å². The summed E-state index contributed by atoms with van der Waals surface area (Å²) in [7, 11) is 1.36. The lowest BCUT2D eigenvalue weighted by atomic mass is 9.92. The highest BCUT2D eigenvalue weighted by Gasteiger charge is 2.62. The molecule has 0 radical (unpaired) electrons. The summed E-state index contributed by atoms with van der Waals surface area (Å²) in [5, 5.41) is 0. The van der Waals surface area contributed by atoms with Crippen LogP contribution in [-0.2, 0) is 23.7 Å². The minimum atomic E-state index is -1.86. The van der Waals surface area contributed by atoms with Crippen LogP contribution in [0.15, 0.2) is 91.0 Å². The largest absolute Gasteiger partial charge is 0.459 e. The smallest absolute Gasteiger partial charge is 0.339 e. The van der Waals surface area contributed by atoms with Gasteiger partial charge in [0.15, 0.2) is 12.4 Å². The zero-order chi connectivity index (χ0) is 27.7. The van der Waals surface area contributed by atoms with Crippen LogP contribution in [0.3, 0.4) is 0 Å². The number of methoxy groups -OCH3 is 1. The Kier molecular flexibility index (Phi) is 9.10. The van der Waals surface area contributed by atoms with Gasteiger partial charge < -0.3 is 23.7 Å². The van der Waals surface area contributed by atoms with Crippen molar-refractivity contribution in [3.8, 4) is 11.8 Å². The summed E-state index contributed by atoms with van der Waals surface area (Å²) in [6.45, 7) is 1.46. The second kappa shape index (κ2) is 12.9. The number of esters is 3. The van der Waals surface area contributed by atoms with Gasteiger partial charge in [-0.1, -0.05) is 67.4 Å². The quantitative estimate of drug-likeness (QED) is 0.240. The van der Waals surface area contributed by atoms with Crippen molar-refractivity contribution in [2.75, 3.05) is 13.7 Å². The zero-order valence-electron chi connectivity index (χ0n) is 21.6. The van der Waals surface area contributed by atoms with E-state index in [1.165, 1.54) is 7.11 Å². The highest BCUT2D eigenvalue weighted by atomic mass is 16.7. The van der Waals surface area contributed by atoms with Gasteiger partial charge in [-0.2, -0.15) is 0 Å². The van der Waals surface area contributed by atoms with Crippen LogP contribution < -0.4 is 0 Å². The summed E-state index contributed by atoms with van der Waals surface area (Å²) in [5.74, 6) is 3.88. The zero-order valence-corrected chi connectivity index (χ0v) is 21.6. The minimum absolute atomic E-state index is 0.254. The Balaban J connectivity index is 1.72. The molecule has 0 aliphatic carbocycles. The monoisotopic (exact) mass is 528 g/mol. The summed E-state index contributed by atoms with van der Waals surface area (Å²) < 4.78 is 29.0. The molecule has 200 valence electrons. The first-order valence-corrected chi connectivity index (χ1v) is 12.4. The predicted molar refractivity (Wildman–Crippen MR) is 141 cm³/mol. The fraction of sp³-hybridized carbons (Fsp3) is 0.258. The van der Waals surface area contributed by atoms with E-state index in [4.69, 9.17) is 23.7 Å². The van der Waals surface area contributed by atoms with Crippen molar-refractivity contribution >= 4 is 17.9 Å². The van der Waals surface area contributed by atoms with Crippen molar-refractivity contribution < 1.29 is 38.1 Å². The molecule has 0 saturated carbocycles. The van der Waals surface area contributed by atoms with E-state index in [0.29, 0.717) is 12.0 Å². The first kappa shape index (κ1) is 27.6. The van der Waals surface area contributed by atoms with E-state index in [1.807, 2.05) is 6.92 Å². The van der Waals surface area contributed by atoms with Crippen molar-refractivity contribution in [3.63, 3.8) is 0 Å². The molecule has 0 spiro atoms. The molecule has 0 aromatic heterocycles. The molecule has 1 heterocycles. The van der Waals surface area contributed by atoms with Crippen molar-refractivity contribution in [1.82, 2.24) is 0 Å². The maximum Gasteiger partial charge on any atom is 0.339 e. The van der Waals surface area contributed by atoms with Crippen LogP contribution >= 0.6 is 0 Å². The Morgan fingerprint density at radius 2 is 1.31 bits per heavy atom. The normalized spacial score (nSPS) is 21.7. The van der Waals surface area contributed by atoms with Gasteiger partial charge in [0, 0.05) is 13.5 Å². The van der Waals surface area contributed by atoms with Gasteiger partial charge in [-0.05, 0) is 42.3 Å². The fourth-order valence-electron chi connectivity index (χ4n) is 4.09. The van der Waals surface area contributed by atoms with E-state index in [9.17, 15) is 14.4 Å². The van der Waals surface area contributed by atoms with Crippen molar-refractivity contribution in [2.45, 2.75) is 37.4 Å². The number of carbonyl (C=O) groups is 3. The lowest BCUT2D eigenvalue weighted by Gasteiger charge is -2.33. The molecule has 1 unspecified atom stereocenters. The number of hydrogen-bond acceptors (Lipinski definition) is 8. The van der Waals surface area contributed by atoms with Gasteiger partial charge in [0.25, 0.3) is 0 Å². The lowest BCUT2D eigenvalue weighted by molar-refractivity contribution is -0.155. The van der Waals surface area contributed by atoms with Crippen molar-refractivity contribution in [1.29, 1.82) is 0 Å². The van der Waals surface area contributed by atoms with Crippen LogP contribution in [0.5, 0.6) is 0 Å². The molecule has 4 rings (SSSR count). The molecule has 3 aromatic rings. The van der Waals surface area contributed by atoms with Gasteiger partial charge in [0.05, 0.1) is 16.7 Å². The summed E-state index contributed by atoms with van der Waals surface area (Å²) >= 11 is 0. The number of ether oxygens (including phenoxy) is 5. The topological polar surface area (TPSA) is 97.4 Å². The molecular weight excluding hydrogens is 500 g/mol. The fourth-order valence-corrected chi connectivity index (χ4v) is 4.09. The lowest BCUT2D eigenvalue weighted by Crippen LogP contribution is -2.54. The molecule has 0 N–H and O–H groups in total. The molecule has 39 heavy (non-hydrogen) atoms.